The average Bonchev–Trinajstić information content (AvgIpc) is 2.68. The lowest BCUT2D eigenvalue weighted by molar-refractivity contribution is -0.151. The molecule has 0 radical (unpaired) electrons. The van der Waals surface area contributed by atoms with Crippen molar-refractivity contribution in [3.8, 4) is 0 Å². The molecular weight excluding hydrogens is 218 g/mol. The van der Waals surface area contributed by atoms with Crippen molar-refractivity contribution >= 4 is 5.97 Å². The minimum atomic E-state index is -0.557. The van der Waals surface area contributed by atoms with Crippen molar-refractivity contribution in [2.45, 2.75) is 70.6 Å². The van der Waals surface area contributed by atoms with Crippen LogP contribution in [0.25, 0.3) is 0 Å². The maximum Gasteiger partial charge on any atom is 0.323 e. The molecule has 0 unspecified atom stereocenters. The molecule has 0 heterocycles. The smallest absolute Gasteiger partial charge is 0.323 e. The topological polar surface area (TPSA) is 61.5 Å². The normalized spacial score (nSPS) is 19.3. The molecule has 1 saturated carbocycles. The molecular formula is C13H25NO3. The first kappa shape index (κ1) is 14.5. The molecule has 1 aliphatic rings. The fourth-order valence-electron chi connectivity index (χ4n) is 1.87. The number of esters is 1. The summed E-state index contributed by atoms with van der Waals surface area (Å²) in [6.45, 7) is 6.44. The van der Waals surface area contributed by atoms with Crippen LogP contribution in [0.15, 0.2) is 0 Å². The summed E-state index contributed by atoms with van der Waals surface area (Å²) in [6, 6.07) is -0.557. The van der Waals surface area contributed by atoms with Gasteiger partial charge in [-0.1, -0.05) is 0 Å². The Balaban J connectivity index is 2.17. The van der Waals surface area contributed by atoms with Crippen LogP contribution in [-0.4, -0.2) is 30.3 Å². The molecule has 0 aliphatic heterocycles. The van der Waals surface area contributed by atoms with E-state index in [4.69, 9.17) is 15.2 Å². The number of ether oxygens (including phenoxy) is 2. The summed E-state index contributed by atoms with van der Waals surface area (Å²) in [7, 11) is 0. The Labute approximate surface area is 104 Å². The maximum absolute atomic E-state index is 11.7. The number of hydrogen-bond donors (Lipinski definition) is 1. The lowest BCUT2D eigenvalue weighted by Gasteiger charge is -2.21. The molecule has 1 rings (SSSR count). The quantitative estimate of drug-likeness (QED) is 0.750. The average molecular weight is 243 g/mol. The fraction of sp³-hybridized carbons (Fsp3) is 0.923. The lowest BCUT2D eigenvalue weighted by atomic mass is 10.2. The fourth-order valence-corrected chi connectivity index (χ4v) is 1.87. The first-order valence-electron chi connectivity index (χ1n) is 6.48. The highest BCUT2D eigenvalue weighted by molar-refractivity contribution is 5.75. The first-order valence-corrected chi connectivity index (χ1v) is 6.48. The third kappa shape index (κ3) is 6.03. The van der Waals surface area contributed by atoms with Gasteiger partial charge >= 0.3 is 5.97 Å². The molecule has 0 spiro atoms. The van der Waals surface area contributed by atoms with Crippen LogP contribution in [0.1, 0.15) is 52.9 Å². The summed E-state index contributed by atoms with van der Waals surface area (Å²) >= 11 is 0. The molecule has 0 amide bonds. The largest absolute Gasteiger partial charge is 0.461 e. The van der Waals surface area contributed by atoms with E-state index in [9.17, 15) is 4.79 Å². The highest BCUT2D eigenvalue weighted by Crippen LogP contribution is 2.21. The summed E-state index contributed by atoms with van der Waals surface area (Å²) in [6.07, 6.45) is 4.88. The predicted molar refractivity (Wildman–Crippen MR) is 66.6 cm³/mol. The van der Waals surface area contributed by atoms with Crippen molar-refractivity contribution in [1.29, 1.82) is 0 Å². The van der Waals surface area contributed by atoms with E-state index in [1.54, 1.807) is 0 Å². The zero-order valence-corrected chi connectivity index (χ0v) is 11.2. The van der Waals surface area contributed by atoms with Crippen LogP contribution in [0.4, 0.5) is 0 Å². The van der Waals surface area contributed by atoms with E-state index >= 15 is 0 Å². The van der Waals surface area contributed by atoms with Gasteiger partial charge in [-0.3, -0.25) is 4.79 Å². The van der Waals surface area contributed by atoms with Gasteiger partial charge in [0.1, 0.15) is 12.1 Å². The van der Waals surface area contributed by atoms with Gasteiger partial charge in [0, 0.05) is 6.61 Å². The third-order valence-electron chi connectivity index (χ3n) is 2.85. The Morgan fingerprint density at radius 2 is 1.94 bits per heavy atom. The van der Waals surface area contributed by atoms with Gasteiger partial charge < -0.3 is 15.2 Å². The molecule has 100 valence electrons. The molecule has 4 nitrogen and oxygen atoms in total. The Morgan fingerprint density at radius 3 is 2.47 bits per heavy atom. The highest BCUT2D eigenvalue weighted by atomic mass is 16.5. The van der Waals surface area contributed by atoms with E-state index in [-0.39, 0.29) is 17.7 Å². The first-order chi connectivity index (χ1) is 7.88. The predicted octanol–water partition coefficient (Wildman–Crippen LogP) is 2.00. The van der Waals surface area contributed by atoms with Crippen LogP contribution in [0.5, 0.6) is 0 Å². The molecule has 0 aromatic rings. The van der Waals surface area contributed by atoms with Gasteiger partial charge in [0.2, 0.25) is 0 Å². The summed E-state index contributed by atoms with van der Waals surface area (Å²) in [5, 5.41) is 0. The Hall–Kier alpha value is -0.610. The monoisotopic (exact) mass is 243 g/mol. The van der Waals surface area contributed by atoms with Gasteiger partial charge in [0.05, 0.1) is 5.60 Å². The molecule has 1 fully saturated rings. The molecule has 4 heteroatoms. The van der Waals surface area contributed by atoms with Gasteiger partial charge in [0.25, 0.3) is 0 Å². The van der Waals surface area contributed by atoms with Crippen LogP contribution in [0.3, 0.4) is 0 Å². The summed E-state index contributed by atoms with van der Waals surface area (Å²) in [4.78, 5) is 11.7. The van der Waals surface area contributed by atoms with E-state index < -0.39 is 6.04 Å². The Bertz CT molecular complexity index is 242. The summed E-state index contributed by atoms with van der Waals surface area (Å²) < 4.78 is 10.9. The van der Waals surface area contributed by atoms with Crippen molar-refractivity contribution in [1.82, 2.24) is 0 Å². The number of nitrogens with two attached hydrogens (primary N) is 1. The second kappa shape index (κ2) is 6.36. The molecule has 1 aliphatic carbocycles. The molecule has 2 N–H and O–H groups in total. The van der Waals surface area contributed by atoms with E-state index in [2.05, 4.69) is 0 Å². The molecule has 1 atom stereocenters. The van der Waals surface area contributed by atoms with Gasteiger partial charge in [-0.2, -0.15) is 0 Å². The van der Waals surface area contributed by atoms with Gasteiger partial charge in [0.15, 0.2) is 0 Å². The standard InChI is InChI=1S/C13H25NO3/c1-13(2,3)16-9-8-11(14)12(15)17-10-6-4-5-7-10/h10-11H,4-9,14H2,1-3H3/t11-/m0/s1. The van der Waals surface area contributed by atoms with Crippen LogP contribution < -0.4 is 5.73 Å². The number of carbonyl (C=O) groups excluding carboxylic acids is 1. The van der Waals surface area contributed by atoms with Crippen LogP contribution >= 0.6 is 0 Å². The van der Waals surface area contributed by atoms with Crippen LogP contribution in [0, 0.1) is 0 Å². The van der Waals surface area contributed by atoms with E-state index in [1.807, 2.05) is 20.8 Å². The van der Waals surface area contributed by atoms with Crippen molar-refractivity contribution in [2.24, 2.45) is 5.73 Å². The Kier molecular flexibility index (Phi) is 5.40. The number of hydrogen-bond acceptors (Lipinski definition) is 4. The third-order valence-corrected chi connectivity index (χ3v) is 2.85. The van der Waals surface area contributed by atoms with E-state index in [0.29, 0.717) is 13.0 Å². The zero-order chi connectivity index (χ0) is 12.9. The lowest BCUT2D eigenvalue weighted by Crippen LogP contribution is -2.36. The minimum Gasteiger partial charge on any atom is -0.461 e. The van der Waals surface area contributed by atoms with Crippen molar-refractivity contribution in [3.05, 3.63) is 0 Å². The number of rotatable bonds is 5. The van der Waals surface area contributed by atoms with E-state index in [1.165, 1.54) is 0 Å². The second-order valence-corrected chi connectivity index (χ2v) is 5.70. The molecule has 0 aromatic carbocycles. The number of carbonyl (C=O) groups is 1. The summed E-state index contributed by atoms with van der Waals surface area (Å²) in [5.74, 6) is -0.283. The van der Waals surface area contributed by atoms with Gasteiger partial charge in [-0.05, 0) is 52.9 Å². The Morgan fingerprint density at radius 1 is 1.35 bits per heavy atom. The zero-order valence-electron chi connectivity index (χ0n) is 11.2. The van der Waals surface area contributed by atoms with E-state index in [0.717, 1.165) is 25.7 Å². The van der Waals surface area contributed by atoms with Crippen LogP contribution in [0.2, 0.25) is 0 Å². The van der Waals surface area contributed by atoms with Crippen LogP contribution in [-0.2, 0) is 14.3 Å². The molecule has 0 saturated heterocycles. The molecule has 0 aromatic heterocycles. The minimum absolute atomic E-state index is 0.0945. The van der Waals surface area contributed by atoms with Crippen molar-refractivity contribution < 1.29 is 14.3 Å². The van der Waals surface area contributed by atoms with Crippen molar-refractivity contribution in [3.63, 3.8) is 0 Å². The SMILES string of the molecule is CC(C)(C)OCC[C@H](N)C(=O)OC1CCCC1. The second-order valence-electron chi connectivity index (χ2n) is 5.70. The van der Waals surface area contributed by atoms with Gasteiger partial charge in [-0.15, -0.1) is 0 Å². The van der Waals surface area contributed by atoms with Gasteiger partial charge in [-0.25, -0.2) is 0 Å². The molecule has 17 heavy (non-hydrogen) atoms. The highest BCUT2D eigenvalue weighted by Gasteiger charge is 2.23. The summed E-state index contributed by atoms with van der Waals surface area (Å²) in [5.41, 5.74) is 5.58. The molecule has 0 bridgehead atoms. The van der Waals surface area contributed by atoms with Crippen molar-refractivity contribution in [2.75, 3.05) is 6.61 Å². The maximum atomic E-state index is 11.7.